The minimum Gasteiger partial charge on any atom is -0.496 e. The molecule has 3 heteroatoms. The zero-order valence-electron chi connectivity index (χ0n) is 6.52. The zero-order chi connectivity index (χ0) is 8.43. The molecule has 11 heavy (non-hydrogen) atoms. The Morgan fingerprint density at radius 2 is 2.09 bits per heavy atom. The van der Waals surface area contributed by atoms with Crippen LogP contribution in [0.15, 0.2) is 16.6 Å². The third-order valence-corrected chi connectivity index (χ3v) is 2.20. The molecule has 0 heterocycles. The van der Waals surface area contributed by atoms with Gasteiger partial charge in [-0.15, -0.1) is 0 Å². The molecule has 0 aromatic heterocycles. The lowest BCUT2D eigenvalue weighted by Crippen LogP contribution is -1.91. The first-order valence-electron chi connectivity index (χ1n) is 3.24. The monoisotopic (exact) mass is 215 g/mol. The lowest BCUT2D eigenvalue weighted by Gasteiger charge is -2.06. The molecule has 0 bridgehead atoms. The molecule has 0 aliphatic heterocycles. The summed E-state index contributed by atoms with van der Waals surface area (Å²) in [6, 6.07) is 3.74. The summed E-state index contributed by atoms with van der Waals surface area (Å²) in [6.45, 7) is 1.98. The van der Waals surface area contributed by atoms with Crippen LogP contribution in [0.4, 0.5) is 5.69 Å². The number of ether oxygens (including phenoxy) is 1. The van der Waals surface area contributed by atoms with Crippen molar-refractivity contribution in [3.63, 3.8) is 0 Å². The fourth-order valence-corrected chi connectivity index (χ4v) is 1.35. The van der Waals surface area contributed by atoms with Crippen LogP contribution < -0.4 is 10.5 Å². The number of rotatable bonds is 1. The molecule has 0 aliphatic rings. The molecule has 60 valence electrons. The molecule has 2 N–H and O–H groups in total. The van der Waals surface area contributed by atoms with Gasteiger partial charge in [0.15, 0.2) is 0 Å². The lowest BCUT2D eigenvalue weighted by atomic mass is 10.2. The molecule has 0 saturated carbocycles. The van der Waals surface area contributed by atoms with Crippen molar-refractivity contribution in [2.75, 3.05) is 12.8 Å². The third kappa shape index (κ3) is 1.66. The van der Waals surface area contributed by atoms with Gasteiger partial charge in [-0.2, -0.15) is 0 Å². The van der Waals surface area contributed by atoms with Crippen LogP contribution in [0.25, 0.3) is 0 Å². The highest BCUT2D eigenvalue weighted by Gasteiger charge is 2.01. The highest BCUT2D eigenvalue weighted by molar-refractivity contribution is 9.10. The Bertz CT molecular complexity index is 273. The number of aryl methyl sites for hydroxylation is 1. The number of nitrogen functional groups attached to an aromatic ring is 1. The Hall–Kier alpha value is -0.700. The van der Waals surface area contributed by atoms with Crippen molar-refractivity contribution < 1.29 is 4.74 Å². The molecule has 0 unspecified atom stereocenters. The average Bonchev–Trinajstić information content (AvgIpc) is 1.97. The maximum atomic E-state index is 5.64. The van der Waals surface area contributed by atoms with E-state index in [4.69, 9.17) is 10.5 Å². The summed E-state index contributed by atoms with van der Waals surface area (Å²) in [7, 11) is 1.63. The fraction of sp³-hybridized carbons (Fsp3) is 0.250. The second kappa shape index (κ2) is 3.13. The molecule has 0 fully saturated rings. The van der Waals surface area contributed by atoms with Crippen molar-refractivity contribution in [2.45, 2.75) is 6.92 Å². The van der Waals surface area contributed by atoms with E-state index in [0.717, 1.165) is 15.8 Å². The van der Waals surface area contributed by atoms with Gasteiger partial charge in [0.25, 0.3) is 0 Å². The van der Waals surface area contributed by atoms with E-state index in [1.54, 1.807) is 13.2 Å². The van der Waals surface area contributed by atoms with Crippen LogP contribution in [0, 0.1) is 6.92 Å². The number of benzene rings is 1. The Balaban J connectivity index is 3.21. The van der Waals surface area contributed by atoms with Gasteiger partial charge < -0.3 is 10.5 Å². The number of halogens is 1. The van der Waals surface area contributed by atoms with E-state index < -0.39 is 0 Å². The number of hydrogen-bond acceptors (Lipinski definition) is 2. The van der Waals surface area contributed by atoms with Crippen molar-refractivity contribution in [3.8, 4) is 5.75 Å². The van der Waals surface area contributed by atoms with Crippen LogP contribution in [-0.4, -0.2) is 7.11 Å². The summed E-state index contributed by atoms with van der Waals surface area (Å²) in [5.74, 6) is 0.825. The van der Waals surface area contributed by atoms with Crippen LogP contribution in [0.5, 0.6) is 5.75 Å². The second-order valence-electron chi connectivity index (χ2n) is 2.34. The second-order valence-corrected chi connectivity index (χ2v) is 3.20. The fourth-order valence-electron chi connectivity index (χ4n) is 0.888. The molecule has 0 amide bonds. The minimum atomic E-state index is 0.701. The van der Waals surface area contributed by atoms with Crippen LogP contribution in [0.2, 0.25) is 0 Å². The average molecular weight is 216 g/mol. The van der Waals surface area contributed by atoms with Crippen molar-refractivity contribution in [1.82, 2.24) is 0 Å². The Morgan fingerprint density at radius 1 is 1.45 bits per heavy atom. The van der Waals surface area contributed by atoms with Crippen molar-refractivity contribution in [1.29, 1.82) is 0 Å². The standard InChI is InChI=1S/C8H10BrNO/c1-5-3-6(9)7(10)4-8(5)11-2/h3-4H,10H2,1-2H3. The summed E-state index contributed by atoms with van der Waals surface area (Å²) in [6.07, 6.45) is 0. The number of anilines is 1. The predicted octanol–water partition coefficient (Wildman–Crippen LogP) is 2.35. The smallest absolute Gasteiger partial charge is 0.123 e. The lowest BCUT2D eigenvalue weighted by molar-refractivity contribution is 0.412. The van der Waals surface area contributed by atoms with Gasteiger partial charge >= 0.3 is 0 Å². The third-order valence-electron chi connectivity index (χ3n) is 1.51. The van der Waals surface area contributed by atoms with Gasteiger partial charge in [0, 0.05) is 16.2 Å². The topological polar surface area (TPSA) is 35.2 Å². The summed E-state index contributed by atoms with van der Waals surface area (Å²) in [4.78, 5) is 0. The molecule has 1 rings (SSSR count). The maximum Gasteiger partial charge on any atom is 0.123 e. The van der Waals surface area contributed by atoms with Gasteiger partial charge in [0.2, 0.25) is 0 Å². The van der Waals surface area contributed by atoms with Crippen LogP contribution >= 0.6 is 15.9 Å². The van der Waals surface area contributed by atoms with E-state index in [0.29, 0.717) is 5.69 Å². The summed E-state index contributed by atoms with van der Waals surface area (Å²) >= 11 is 3.33. The molecule has 2 nitrogen and oxygen atoms in total. The normalized spacial score (nSPS) is 9.73. The van der Waals surface area contributed by atoms with E-state index >= 15 is 0 Å². The molecule has 0 spiro atoms. The molecule has 0 aliphatic carbocycles. The Morgan fingerprint density at radius 3 is 2.64 bits per heavy atom. The largest absolute Gasteiger partial charge is 0.496 e. The van der Waals surface area contributed by atoms with E-state index in [2.05, 4.69) is 15.9 Å². The number of nitrogens with two attached hydrogens (primary N) is 1. The first kappa shape index (κ1) is 8.40. The highest BCUT2D eigenvalue weighted by Crippen LogP contribution is 2.27. The highest BCUT2D eigenvalue weighted by atomic mass is 79.9. The van der Waals surface area contributed by atoms with E-state index in [9.17, 15) is 0 Å². The van der Waals surface area contributed by atoms with Gasteiger partial charge in [0.1, 0.15) is 5.75 Å². The van der Waals surface area contributed by atoms with Gasteiger partial charge in [0.05, 0.1) is 7.11 Å². The van der Waals surface area contributed by atoms with Crippen LogP contribution in [-0.2, 0) is 0 Å². The molecular formula is C8H10BrNO. The van der Waals surface area contributed by atoms with Crippen LogP contribution in [0.3, 0.4) is 0 Å². The summed E-state index contributed by atoms with van der Waals surface area (Å²) in [5.41, 5.74) is 7.42. The SMILES string of the molecule is COc1cc(N)c(Br)cc1C. The molecule has 0 radical (unpaired) electrons. The van der Waals surface area contributed by atoms with Crippen molar-refractivity contribution in [2.24, 2.45) is 0 Å². The molecule has 0 atom stereocenters. The minimum absolute atomic E-state index is 0.701. The number of methoxy groups -OCH3 is 1. The van der Waals surface area contributed by atoms with E-state index in [-0.39, 0.29) is 0 Å². The summed E-state index contributed by atoms with van der Waals surface area (Å²) in [5, 5.41) is 0. The van der Waals surface area contributed by atoms with Crippen molar-refractivity contribution in [3.05, 3.63) is 22.2 Å². The quantitative estimate of drug-likeness (QED) is 0.731. The Labute approximate surface area is 74.5 Å². The summed E-state index contributed by atoms with van der Waals surface area (Å²) < 4.78 is 5.99. The van der Waals surface area contributed by atoms with E-state index in [1.165, 1.54) is 0 Å². The predicted molar refractivity (Wildman–Crippen MR) is 49.8 cm³/mol. The zero-order valence-corrected chi connectivity index (χ0v) is 8.10. The number of hydrogen-bond donors (Lipinski definition) is 1. The first-order valence-corrected chi connectivity index (χ1v) is 4.04. The van der Waals surface area contributed by atoms with Gasteiger partial charge in [-0.05, 0) is 34.5 Å². The first-order chi connectivity index (χ1) is 5.15. The Kier molecular flexibility index (Phi) is 2.39. The van der Waals surface area contributed by atoms with Crippen LogP contribution in [0.1, 0.15) is 5.56 Å². The molecular weight excluding hydrogens is 206 g/mol. The van der Waals surface area contributed by atoms with Gasteiger partial charge in [-0.1, -0.05) is 0 Å². The van der Waals surface area contributed by atoms with Crippen molar-refractivity contribution >= 4 is 21.6 Å². The molecule has 1 aromatic rings. The maximum absolute atomic E-state index is 5.64. The molecule has 1 aromatic carbocycles. The van der Waals surface area contributed by atoms with Gasteiger partial charge in [-0.3, -0.25) is 0 Å². The van der Waals surface area contributed by atoms with Gasteiger partial charge in [-0.25, -0.2) is 0 Å². The molecule has 0 saturated heterocycles. The van der Waals surface area contributed by atoms with E-state index in [1.807, 2.05) is 13.0 Å².